The second-order valence-electron chi connectivity index (χ2n) is 3.09. The van der Waals surface area contributed by atoms with Crippen LogP contribution in [0.25, 0.3) is 11.0 Å². The molecule has 0 bridgehead atoms. The number of nitrogens with one attached hydrogen (secondary N) is 1. The molecule has 0 atom stereocenters. The fourth-order valence-electron chi connectivity index (χ4n) is 1.53. The number of aromatic nitrogens is 2. The van der Waals surface area contributed by atoms with E-state index in [1.165, 1.54) is 5.56 Å². The SMILES string of the molecule is CCCc1cccc2[nH]c(Cl)nc12. The highest BCUT2D eigenvalue weighted by Gasteiger charge is 2.04. The van der Waals surface area contributed by atoms with Gasteiger partial charge < -0.3 is 4.98 Å². The van der Waals surface area contributed by atoms with Crippen molar-refractivity contribution in [1.29, 1.82) is 0 Å². The van der Waals surface area contributed by atoms with Gasteiger partial charge in [0.05, 0.1) is 11.0 Å². The zero-order valence-corrected chi connectivity index (χ0v) is 8.23. The summed E-state index contributed by atoms with van der Waals surface area (Å²) in [7, 11) is 0. The maximum atomic E-state index is 5.79. The van der Waals surface area contributed by atoms with Gasteiger partial charge in [0.25, 0.3) is 0 Å². The fraction of sp³-hybridized carbons (Fsp3) is 0.300. The number of halogens is 1. The van der Waals surface area contributed by atoms with Crippen LogP contribution < -0.4 is 0 Å². The molecule has 0 saturated carbocycles. The molecule has 0 unspecified atom stereocenters. The lowest BCUT2D eigenvalue weighted by Gasteiger charge is -1.97. The monoisotopic (exact) mass is 194 g/mol. The number of H-pyrrole nitrogens is 1. The van der Waals surface area contributed by atoms with Gasteiger partial charge in [-0.3, -0.25) is 0 Å². The molecule has 2 aromatic rings. The molecule has 0 amide bonds. The van der Waals surface area contributed by atoms with Crippen molar-refractivity contribution in [3.05, 3.63) is 29.0 Å². The van der Waals surface area contributed by atoms with Gasteiger partial charge in [0.2, 0.25) is 5.28 Å². The third-order valence-corrected chi connectivity index (χ3v) is 2.27. The third-order valence-electron chi connectivity index (χ3n) is 2.09. The van der Waals surface area contributed by atoms with Gasteiger partial charge in [0, 0.05) is 0 Å². The molecular formula is C10H11ClN2. The highest BCUT2D eigenvalue weighted by molar-refractivity contribution is 6.29. The predicted octanol–water partition coefficient (Wildman–Crippen LogP) is 3.17. The van der Waals surface area contributed by atoms with Gasteiger partial charge in [0.1, 0.15) is 0 Å². The smallest absolute Gasteiger partial charge is 0.201 e. The number of aryl methyl sites for hydroxylation is 1. The molecule has 0 spiro atoms. The molecule has 1 N–H and O–H groups in total. The standard InChI is InChI=1S/C10H11ClN2/c1-2-4-7-5-3-6-8-9(7)13-10(11)12-8/h3,5-6H,2,4H2,1H3,(H,12,13). The Bertz CT molecular complexity index is 420. The molecule has 0 saturated heterocycles. The largest absolute Gasteiger partial charge is 0.329 e. The van der Waals surface area contributed by atoms with Crippen molar-refractivity contribution in [3.63, 3.8) is 0 Å². The first-order chi connectivity index (χ1) is 6.31. The van der Waals surface area contributed by atoms with E-state index in [9.17, 15) is 0 Å². The summed E-state index contributed by atoms with van der Waals surface area (Å²) >= 11 is 5.79. The van der Waals surface area contributed by atoms with E-state index in [0.29, 0.717) is 5.28 Å². The van der Waals surface area contributed by atoms with Gasteiger partial charge in [0.15, 0.2) is 0 Å². The van der Waals surface area contributed by atoms with Crippen molar-refractivity contribution in [2.75, 3.05) is 0 Å². The summed E-state index contributed by atoms with van der Waals surface area (Å²) < 4.78 is 0. The zero-order valence-electron chi connectivity index (χ0n) is 7.47. The fourth-order valence-corrected chi connectivity index (χ4v) is 1.72. The first-order valence-electron chi connectivity index (χ1n) is 4.44. The van der Waals surface area contributed by atoms with Crippen molar-refractivity contribution in [2.45, 2.75) is 19.8 Å². The second-order valence-corrected chi connectivity index (χ2v) is 3.45. The van der Waals surface area contributed by atoms with E-state index >= 15 is 0 Å². The minimum atomic E-state index is 0.471. The van der Waals surface area contributed by atoms with Crippen LogP contribution in [0.2, 0.25) is 5.28 Å². The quantitative estimate of drug-likeness (QED) is 0.782. The molecule has 0 aliphatic rings. The average molecular weight is 195 g/mol. The minimum absolute atomic E-state index is 0.471. The summed E-state index contributed by atoms with van der Waals surface area (Å²) in [5, 5.41) is 0.471. The van der Waals surface area contributed by atoms with Crippen molar-refractivity contribution >= 4 is 22.6 Å². The molecule has 0 fully saturated rings. The molecule has 0 radical (unpaired) electrons. The van der Waals surface area contributed by atoms with Gasteiger partial charge in [-0.25, -0.2) is 4.98 Å². The second kappa shape index (κ2) is 3.38. The average Bonchev–Trinajstić information content (AvgIpc) is 2.47. The molecular weight excluding hydrogens is 184 g/mol. The first kappa shape index (κ1) is 8.57. The van der Waals surface area contributed by atoms with Crippen LogP contribution in [0.4, 0.5) is 0 Å². The topological polar surface area (TPSA) is 28.7 Å². The summed E-state index contributed by atoms with van der Waals surface area (Å²) in [4.78, 5) is 7.25. The number of para-hydroxylation sites is 1. The van der Waals surface area contributed by atoms with Crippen molar-refractivity contribution in [1.82, 2.24) is 9.97 Å². The van der Waals surface area contributed by atoms with Crippen LogP contribution in [-0.2, 0) is 6.42 Å². The van der Waals surface area contributed by atoms with E-state index < -0.39 is 0 Å². The summed E-state index contributed by atoms with van der Waals surface area (Å²) in [6.45, 7) is 2.16. The number of fused-ring (bicyclic) bond motifs is 1. The Morgan fingerprint density at radius 3 is 3.08 bits per heavy atom. The Kier molecular flexibility index (Phi) is 2.23. The van der Waals surface area contributed by atoms with E-state index in [-0.39, 0.29) is 0 Å². The van der Waals surface area contributed by atoms with Crippen LogP contribution in [0.1, 0.15) is 18.9 Å². The lowest BCUT2D eigenvalue weighted by atomic mass is 10.1. The number of imidazole rings is 1. The Morgan fingerprint density at radius 2 is 2.31 bits per heavy atom. The number of hydrogen-bond acceptors (Lipinski definition) is 1. The van der Waals surface area contributed by atoms with Gasteiger partial charge in [-0.15, -0.1) is 0 Å². The molecule has 13 heavy (non-hydrogen) atoms. The summed E-state index contributed by atoms with van der Waals surface area (Å²) in [5.41, 5.74) is 3.30. The van der Waals surface area contributed by atoms with Gasteiger partial charge in [-0.1, -0.05) is 25.5 Å². The molecule has 68 valence electrons. The lowest BCUT2D eigenvalue weighted by Crippen LogP contribution is -1.84. The van der Waals surface area contributed by atoms with Crippen LogP contribution in [-0.4, -0.2) is 9.97 Å². The van der Waals surface area contributed by atoms with E-state index in [2.05, 4.69) is 23.0 Å². The van der Waals surface area contributed by atoms with Crippen LogP contribution in [0.3, 0.4) is 0 Å². The van der Waals surface area contributed by atoms with Crippen LogP contribution in [0.15, 0.2) is 18.2 Å². The lowest BCUT2D eigenvalue weighted by molar-refractivity contribution is 0.927. The Hall–Kier alpha value is -1.02. The molecule has 2 rings (SSSR count). The molecule has 0 aliphatic heterocycles. The normalized spacial score (nSPS) is 10.9. The van der Waals surface area contributed by atoms with Gasteiger partial charge >= 0.3 is 0 Å². The summed E-state index contributed by atoms with van der Waals surface area (Å²) in [6, 6.07) is 6.12. The summed E-state index contributed by atoms with van der Waals surface area (Å²) in [5.74, 6) is 0. The highest BCUT2D eigenvalue weighted by Crippen LogP contribution is 2.19. The van der Waals surface area contributed by atoms with E-state index in [1.807, 2.05) is 12.1 Å². The van der Waals surface area contributed by atoms with E-state index in [4.69, 9.17) is 11.6 Å². The summed E-state index contributed by atoms with van der Waals surface area (Å²) in [6.07, 6.45) is 2.18. The number of aromatic amines is 1. The number of benzene rings is 1. The molecule has 0 aliphatic carbocycles. The van der Waals surface area contributed by atoms with Crippen molar-refractivity contribution < 1.29 is 0 Å². The predicted molar refractivity (Wildman–Crippen MR) is 55.1 cm³/mol. The number of hydrogen-bond donors (Lipinski definition) is 1. The van der Waals surface area contributed by atoms with Crippen LogP contribution >= 0.6 is 11.6 Å². The third kappa shape index (κ3) is 1.54. The van der Waals surface area contributed by atoms with Crippen molar-refractivity contribution in [2.24, 2.45) is 0 Å². The Balaban J connectivity index is 2.60. The van der Waals surface area contributed by atoms with E-state index in [1.54, 1.807) is 0 Å². The number of rotatable bonds is 2. The molecule has 1 heterocycles. The maximum absolute atomic E-state index is 5.79. The highest BCUT2D eigenvalue weighted by atomic mass is 35.5. The Morgan fingerprint density at radius 1 is 1.46 bits per heavy atom. The van der Waals surface area contributed by atoms with E-state index in [0.717, 1.165) is 23.9 Å². The maximum Gasteiger partial charge on any atom is 0.201 e. The molecule has 2 nitrogen and oxygen atoms in total. The van der Waals surface area contributed by atoms with Gasteiger partial charge in [-0.05, 0) is 29.7 Å². The minimum Gasteiger partial charge on any atom is -0.329 e. The molecule has 1 aromatic carbocycles. The van der Waals surface area contributed by atoms with Gasteiger partial charge in [-0.2, -0.15) is 0 Å². The zero-order chi connectivity index (χ0) is 9.26. The molecule has 3 heteroatoms. The van der Waals surface area contributed by atoms with Crippen LogP contribution in [0, 0.1) is 0 Å². The number of nitrogens with zero attached hydrogens (tertiary/aromatic N) is 1. The Labute approximate surface area is 81.9 Å². The molecule has 1 aromatic heterocycles. The van der Waals surface area contributed by atoms with Crippen LogP contribution in [0.5, 0.6) is 0 Å². The first-order valence-corrected chi connectivity index (χ1v) is 4.82. The van der Waals surface area contributed by atoms with Crippen molar-refractivity contribution in [3.8, 4) is 0 Å².